The van der Waals surface area contributed by atoms with Crippen molar-refractivity contribution in [2.75, 3.05) is 38.1 Å². The van der Waals surface area contributed by atoms with E-state index in [1.165, 1.54) is 5.69 Å². The van der Waals surface area contributed by atoms with Crippen molar-refractivity contribution in [1.29, 1.82) is 0 Å². The Hall–Kier alpha value is -1.09. The fourth-order valence-electron chi connectivity index (χ4n) is 2.42. The van der Waals surface area contributed by atoms with Crippen LogP contribution in [0.4, 0.5) is 10.1 Å². The average molecular weight is 264 g/mol. The van der Waals surface area contributed by atoms with Crippen molar-refractivity contribution in [3.8, 4) is 0 Å². The Morgan fingerprint density at radius 2 is 1.53 bits per heavy atom. The molecular formula is C16H25FN2. The van der Waals surface area contributed by atoms with Crippen molar-refractivity contribution in [1.82, 2.24) is 4.90 Å². The lowest BCUT2D eigenvalue weighted by atomic mass is 9.86. The van der Waals surface area contributed by atoms with Gasteiger partial charge < -0.3 is 9.80 Å². The topological polar surface area (TPSA) is 6.48 Å². The first kappa shape index (κ1) is 14.3. The van der Waals surface area contributed by atoms with E-state index in [0.717, 1.165) is 31.7 Å². The number of hydrogen-bond acceptors (Lipinski definition) is 2. The maximum Gasteiger partial charge on any atom is 0.130 e. The molecule has 19 heavy (non-hydrogen) atoms. The summed E-state index contributed by atoms with van der Waals surface area (Å²) in [6, 6.07) is 7.98. The van der Waals surface area contributed by atoms with E-state index in [-0.39, 0.29) is 5.41 Å². The molecule has 1 atom stereocenters. The molecule has 1 fully saturated rings. The fourth-order valence-corrected chi connectivity index (χ4v) is 2.42. The van der Waals surface area contributed by atoms with Crippen LogP contribution in [-0.4, -0.2) is 38.1 Å². The molecule has 106 valence electrons. The van der Waals surface area contributed by atoms with Crippen LogP contribution in [0.5, 0.6) is 0 Å². The number of likely N-dealkylation sites (N-methyl/N-ethyl adjacent to an activating group) is 1. The van der Waals surface area contributed by atoms with Gasteiger partial charge in [-0.05, 0) is 30.2 Å². The molecule has 0 bridgehead atoms. The average Bonchev–Trinajstić information content (AvgIpc) is 2.38. The second-order valence-electron chi connectivity index (χ2n) is 6.61. The molecule has 3 heteroatoms. The first-order valence-electron chi connectivity index (χ1n) is 7.05. The van der Waals surface area contributed by atoms with E-state index >= 15 is 0 Å². The van der Waals surface area contributed by atoms with Crippen LogP contribution in [0.25, 0.3) is 0 Å². The summed E-state index contributed by atoms with van der Waals surface area (Å²) in [5.74, 6) is 0. The Bertz CT molecular complexity index is 400. The molecule has 1 aliphatic heterocycles. The van der Waals surface area contributed by atoms with Gasteiger partial charge >= 0.3 is 0 Å². The Labute approximate surface area is 116 Å². The van der Waals surface area contributed by atoms with E-state index in [1.807, 2.05) is 32.9 Å². The number of piperazine rings is 1. The van der Waals surface area contributed by atoms with E-state index in [9.17, 15) is 4.39 Å². The van der Waals surface area contributed by atoms with Crippen molar-refractivity contribution in [2.24, 2.45) is 5.41 Å². The van der Waals surface area contributed by atoms with Crippen LogP contribution in [0.2, 0.25) is 0 Å². The standard InChI is InChI=1S/C16H25FN2/c1-16(2,3)15(17)13-5-7-14(8-6-13)19-11-9-18(4)10-12-19/h5-8,15H,9-12H2,1-4H3. The highest BCUT2D eigenvalue weighted by molar-refractivity contribution is 5.48. The van der Waals surface area contributed by atoms with Gasteiger partial charge in [-0.3, -0.25) is 0 Å². The molecule has 1 aromatic carbocycles. The third-order valence-corrected chi connectivity index (χ3v) is 3.81. The molecule has 1 saturated heterocycles. The van der Waals surface area contributed by atoms with Crippen molar-refractivity contribution < 1.29 is 4.39 Å². The molecule has 1 heterocycles. The Morgan fingerprint density at radius 3 is 2.00 bits per heavy atom. The van der Waals surface area contributed by atoms with Crippen molar-refractivity contribution in [3.63, 3.8) is 0 Å². The highest BCUT2D eigenvalue weighted by Crippen LogP contribution is 2.36. The van der Waals surface area contributed by atoms with Crippen molar-refractivity contribution in [3.05, 3.63) is 29.8 Å². The number of alkyl halides is 1. The van der Waals surface area contributed by atoms with Gasteiger partial charge in [0.05, 0.1) is 0 Å². The first-order valence-corrected chi connectivity index (χ1v) is 7.05. The minimum Gasteiger partial charge on any atom is -0.369 e. The quantitative estimate of drug-likeness (QED) is 0.806. The third kappa shape index (κ3) is 3.47. The summed E-state index contributed by atoms with van der Waals surface area (Å²) >= 11 is 0. The van der Waals surface area contributed by atoms with Gasteiger partial charge in [-0.2, -0.15) is 0 Å². The maximum atomic E-state index is 14.2. The number of hydrogen-bond donors (Lipinski definition) is 0. The second kappa shape index (κ2) is 5.49. The number of benzene rings is 1. The second-order valence-corrected chi connectivity index (χ2v) is 6.61. The normalized spacial score (nSPS) is 19.5. The lowest BCUT2D eigenvalue weighted by molar-refractivity contribution is 0.165. The highest BCUT2D eigenvalue weighted by atomic mass is 19.1. The molecule has 2 rings (SSSR count). The van der Waals surface area contributed by atoms with Gasteiger partial charge in [0.15, 0.2) is 0 Å². The molecule has 0 radical (unpaired) electrons. The van der Waals surface area contributed by atoms with E-state index in [2.05, 4.69) is 29.0 Å². The zero-order valence-corrected chi connectivity index (χ0v) is 12.5. The molecule has 1 aliphatic rings. The van der Waals surface area contributed by atoms with Crippen molar-refractivity contribution in [2.45, 2.75) is 26.9 Å². The van der Waals surface area contributed by atoms with Crippen LogP contribution in [-0.2, 0) is 0 Å². The summed E-state index contributed by atoms with van der Waals surface area (Å²) in [7, 11) is 2.15. The largest absolute Gasteiger partial charge is 0.369 e. The number of rotatable bonds is 2. The van der Waals surface area contributed by atoms with E-state index in [0.29, 0.717) is 0 Å². The van der Waals surface area contributed by atoms with Gasteiger partial charge in [0.2, 0.25) is 0 Å². The van der Waals surface area contributed by atoms with Crippen LogP contribution in [0.3, 0.4) is 0 Å². The number of nitrogens with zero attached hydrogens (tertiary/aromatic N) is 2. The molecule has 1 unspecified atom stereocenters. The third-order valence-electron chi connectivity index (χ3n) is 3.81. The lowest BCUT2D eigenvalue weighted by Crippen LogP contribution is -2.44. The van der Waals surface area contributed by atoms with Crippen LogP contribution in [0.15, 0.2) is 24.3 Å². The van der Waals surface area contributed by atoms with Gasteiger partial charge in [-0.1, -0.05) is 32.9 Å². The predicted molar refractivity (Wildman–Crippen MR) is 79.5 cm³/mol. The minimum absolute atomic E-state index is 0.338. The summed E-state index contributed by atoms with van der Waals surface area (Å²) < 4.78 is 14.2. The molecule has 0 spiro atoms. The van der Waals surface area contributed by atoms with Gasteiger partial charge in [0.1, 0.15) is 6.17 Å². The lowest BCUT2D eigenvalue weighted by Gasteiger charge is -2.34. The Balaban J connectivity index is 2.06. The summed E-state index contributed by atoms with van der Waals surface area (Å²) in [6.45, 7) is 10.1. The zero-order valence-electron chi connectivity index (χ0n) is 12.5. The molecule has 0 aromatic heterocycles. The number of halogens is 1. The van der Waals surface area contributed by atoms with E-state index < -0.39 is 6.17 Å². The smallest absolute Gasteiger partial charge is 0.130 e. The predicted octanol–water partition coefficient (Wildman–Crippen LogP) is 3.50. The first-order chi connectivity index (χ1) is 8.88. The zero-order chi connectivity index (χ0) is 14.0. The van der Waals surface area contributed by atoms with Crippen molar-refractivity contribution >= 4 is 5.69 Å². The molecule has 0 aliphatic carbocycles. The summed E-state index contributed by atoms with van der Waals surface area (Å²) in [5, 5.41) is 0. The van der Waals surface area contributed by atoms with Gasteiger partial charge in [0.25, 0.3) is 0 Å². The minimum atomic E-state index is -0.908. The van der Waals surface area contributed by atoms with Crippen LogP contribution >= 0.6 is 0 Å². The fraction of sp³-hybridized carbons (Fsp3) is 0.625. The Kier molecular flexibility index (Phi) is 4.14. The van der Waals surface area contributed by atoms with Gasteiger partial charge in [-0.25, -0.2) is 4.39 Å². The molecular weight excluding hydrogens is 239 g/mol. The summed E-state index contributed by atoms with van der Waals surface area (Å²) in [4.78, 5) is 4.70. The Morgan fingerprint density at radius 1 is 1.00 bits per heavy atom. The molecule has 2 nitrogen and oxygen atoms in total. The number of anilines is 1. The molecule has 0 N–H and O–H groups in total. The summed E-state index contributed by atoms with van der Waals surface area (Å²) in [6.07, 6.45) is -0.908. The monoisotopic (exact) mass is 264 g/mol. The van der Waals surface area contributed by atoms with Crippen LogP contribution in [0, 0.1) is 5.41 Å². The SMILES string of the molecule is CN1CCN(c2ccc(C(F)C(C)(C)C)cc2)CC1. The summed E-state index contributed by atoms with van der Waals surface area (Å²) in [5.41, 5.74) is 1.65. The van der Waals surface area contributed by atoms with Crippen LogP contribution in [0.1, 0.15) is 32.5 Å². The maximum absolute atomic E-state index is 14.2. The van der Waals surface area contributed by atoms with E-state index in [1.54, 1.807) is 0 Å². The molecule has 0 amide bonds. The van der Waals surface area contributed by atoms with E-state index in [4.69, 9.17) is 0 Å². The molecule has 0 saturated carbocycles. The molecule has 1 aromatic rings. The highest BCUT2D eigenvalue weighted by Gasteiger charge is 2.25. The van der Waals surface area contributed by atoms with Crippen LogP contribution < -0.4 is 4.90 Å². The van der Waals surface area contributed by atoms with Gasteiger partial charge in [-0.15, -0.1) is 0 Å². The van der Waals surface area contributed by atoms with Gasteiger partial charge in [0, 0.05) is 31.9 Å².